The number of rotatable bonds is 10. The Labute approximate surface area is 326 Å². The number of nitrogens with zero attached hydrogens (tertiary/aromatic N) is 5. The summed E-state index contributed by atoms with van der Waals surface area (Å²) in [6.45, 7) is -0.268. The number of hydrogen-bond acceptors (Lipinski definition) is 11. The van der Waals surface area contributed by atoms with Crippen molar-refractivity contribution in [2.45, 2.75) is 24.1 Å². The molecule has 1 aliphatic carbocycles. The molecule has 0 saturated carbocycles. The van der Waals surface area contributed by atoms with Crippen molar-refractivity contribution in [1.82, 2.24) is 24.5 Å². The van der Waals surface area contributed by atoms with E-state index in [0.717, 1.165) is 27.2 Å². The molecule has 0 spiro atoms. The van der Waals surface area contributed by atoms with Gasteiger partial charge in [0.25, 0.3) is 0 Å². The van der Waals surface area contributed by atoms with E-state index in [9.17, 15) is 49.5 Å². The van der Waals surface area contributed by atoms with Crippen LogP contribution in [0.3, 0.4) is 0 Å². The topological polar surface area (TPSA) is 212 Å². The molecule has 0 radical (unpaired) electrons. The van der Waals surface area contributed by atoms with Gasteiger partial charge in [0.2, 0.25) is 0 Å². The Bertz CT molecular complexity index is 1500. The molecule has 0 aromatic heterocycles. The molecule has 1 amide bonds. The van der Waals surface area contributed by atoms with E-state index in [1.165, 1.54) is 0 Å². The van der Waals surface area contributed by atoms with E-state index in [4.69, 9.17) is 4.74 Å². The molecule has 2 heterocycles. The minimum absolute atomic E-state index is 0. The summed E-state index contributed by atoms with van der Waals surface area (Å²) in [6, 6.07) is 13.0. The zero-order valence-electron chi connectivity index (χ0n) is 27.9. The summed E-state index contributed by atoms with van der Waals surface area (Å²) in [5, 5.41) is 50.2. The number of likely N-dealkylation sites (tertiary alicyclic amines) is 1. The summed E-state index contributed by atoms with van der Waals surface area (Å²) in [6.07, 6.45) is -2.20. The summed E-state index contributed by atoms with van der Waals surface area (Å²) < 4.78 is 5.76. The second-order valence-electron chi connectivity index (χ2n) is 12.8. The van der Waals surface area contributed by atoms with Crippen LogP contribution in [0.15, 0.2) is 48.5 Å². The van der Waals surface area contributed by atoms with Crippen molar-refractivity contribution >= 4 is 30.0 Å². The van der Waals surface area contributed by atoms with Crippen LogP contribution in [0.1, 0.15) is 17.0 Å². The molecular weight excluding hydrogens is 812 g/mol. The number of carboxylic acids is 4. The van der Waals surface area contributed by atoms with E-state index in [-0.39, 0.29) is 131 Å². The molecule has 2 fully saturated rings. The van der Waals surface area contributed by atoms with Gasteiger partial charge < -0.3 is 30.3 Å². The fourth-order valence-electron chi connectivity index (χ4n) is 7.30. The molecule has 0 bridgehead atoms. The van der Waals surface area contributed by atoms with Crippen LogP contribution >= 0.6 is 0 Å². The minimum Gasteiger partial charge on any atom is -0.480 e. The Morgan fingerprint density at radius 3 is 1.47 bits per heavy atom. The Balaban J connectivity index is 0.00000583. The number of aliphatic hydroxyl groups is 1. The van der Waals surface area contributed by atoms with Crippen LogP contribution < -0.4 is 0 Å². The number of ether oxygens (including phenoxy) is 1. The molecule has 16 nitrogen and oxygen atoms in total. The van der Waals surface area contributed by atoms with Crippen LogP contribution in [-0.4, -0.2) is 183 Å². The summed E-state index contributed by atoms with van der Waals surface area (Å²) in [5.41, 5.74) is 4.03. The van der Waals surface area contributed by atoms with E-state index in [0.29, 0.717) is 0 Å². The number of β-amino-alcohol motifs (C(OH)–C–C–N with tert-alkyl or cyclic N) is 1. The van der Waals surface area contributed by atoms with Crippen LogP contribution in [0.5, 0.6) is 0 Å². The van der Waals surface area contributed by atoms with Gasteiger partial charge in [0.1, 0.15) is 6.61 Å². The zero-order chi connectivity index (χ0) is 35.9. The van der Waals surface area contributed by atoms with Crippen molar-refractivity contribution in [3.63, 3.8) is 0 Å². The van der Waals surface area contributed by atoms with Gasteiger partial charge in [0, 0.05) is 98.2 Å². The zero-order valence-corrected chi connectivity index (χ0v) is 30.2. The number of aliphatic hydroxyl groups excluding tert-OH is 1. The van der Waals surface area contributed by atoms with Crippen molar-refractivity contribution < 1.29 is 94.2 Å². The van der Waals surface area contributed by atoms with Gasteiger partial charge in [-0.2, -0.15) is 0 Å². The number of benzene rings is 2. The summed E-state index contributed by atoms with van der Waals surface area (Å²) in [5.74, 6) is -4.91. The van der Waals surface area contributed by atoms with Gasteiger partial charge in [0.15, 0.2) is 6.04 Å². The molecule has 5 rings (SSSR count). The second-order valence-corrected chi connectivity index (χ2v) is 12.8. The third-order valence-electron chi connectivity index (χ3n) is 9.63. The number of carbonyl (C=O) groups is 5. The summed E-state index contributed by atoms with van der Waals surface area (Å²) >= 11 is 0. The van der Waals surface area contributed by atoms with E-state index in [1.807, 2.05) is 48.5 Å². The first-order valence-corrected chi connectivity index (χ1v) is 16.5. The molecule has 51 heavy (non-hydrogen) atoms. The van der Waals surface area contributed by atoms with Gasteiger partial charge in [-0.25, -0.2) is 9.59 Å². The monoisotopic (exact) mass is 855 g/mol. The smallest absolute Gasteiger partial charge is 0.410 e. The fourth-order valence-corrected chi connectivity index (χ4v) is 7.30. The average Bonchev–Trinajstić information content (AvgIpc) is 3.58. The Morgan fingerprint density at radius 2 is 1.06 bits per heavy atom. The SMILES string of the molecule is O=C(O)CN1CCN(CC(=O)O)CCN([C@@H]2[C@@H](O)CN(C(=O)OCC3c4ccccc4-c4ccccc43)[C@H]2C(=O)O)CCN(CC(=O)O)CC1.[Gd]. The average molecular weight is 855 g/mol. The third-order valence-corrected chi connectivity index (χ3v) is 9.63. The fraction of sp³-hybridized carbons (Fsp3) is 0.500. The molecule has 3 aliphatic rings. The van der Waals surface area contributed by atoms with E-state index in [2.05, 4.69) is 0 Å². The first-order valence-electron chi connectivity index (χ1n) is 16.5. The molecule has 17 heteroatoms. The van der Waals surface area contributed by atoms with Gasteiger partial charge in [-0.1, -0.05) is 48.5 Å². The molecule has 2 aliphatic heterocycles. The van der Waals surface area contributed by atoms with Gasteiger partial charge in [-0.05, 0) is 22.3 Å². The van der Waals surface area contributed by atoms with E-state index >= 15 is 0 Å². The molecule has 2 aromatic rings. The van der Waals surface area contributed by atoms with Crippen molar-refractivity contribution in [2.75, 3.05) is 85.1 Å². The molecule has 0 unspecified atom stereocenters. The first-order chi connectivity index (χ1) is 23.9. The van der Waals surface area contributed by atoms with Crippen molar-refractivity contribution in [3.8, 4) is 11.1 Å². The number of carbonyl (C=O) groups excluding carboxylic acids is 1. The molecule has 5 N–H and O–H groups in total. The summed E-state index contributed by atoms with van der Waals surface area (Å²) in [7, 11) is 0. The number of fused-ring (bicyclic) bond motifs is 3. The van der Waals surface area contributed by atoms with E-state index < -0.39 is 48.2 Å². The van der Waals surface area contributed by atoms with Gasteiger partial charge in [0.05, 0.1) is 38.3 Å². The van der Waals surface area contributed by atoms with Crippen LogP contribution in [0, 0.1) is 39.9 Å². The molecule has 3 atom stereocenters. The predicted octanol–water partition coefficient (Wildman–Crippen LogP) is -0.0908. The van der Waals surface area contributed by atoms with Gasteiger partial charge in [-0.3, -0.25) is 38.9 Å². The number of amides is 1. The first kappa shape index (κ1) is 40.5. The van der Waals surface area contributed by atoms with Crippen LogP contribution in [0.25, 0.3) is 11.1 Å². The standard InChI is InChI=1S/C34H43N5O11.Gd/c40-27-17-39(34(49)50-21-26-24-7-3-1-5-22(24)23-6-2-4-8-25(23)26)32(33(47)48)31(27)38-15-13-36(19-29(43)44)11-9-35(18-28(41)42)10-12-37(14-16-38)20-30(45)46;/h1-8,26-27,31-32,40H,9-21H2,(H,41,42)(H,43,44)(H,45,46)(H,47,48);/t27-,31+,32+;/m0./s1. The van der Waals surface area contributed by atoms with Crippen molar-refractivity contribution in [1.29, 1.82) is 0 Å². The largest absolute Gasteiger partial charge is 0.480 e. The minimum atomic E-state index is -1.51. The van der Waals surface area contributed by atoms with Crippen molar-refractivity contribution in [3.05, 3.63) is 59.7 Å². The number of hydrogen-bond donors (Lipinski definition) is 5. The molecule has 2 saturated heterocycles. The predicted molar refractivity (Wildman–Crippen MR) is 177 cm³/mol. The Hall–Kier alpha value is -3.29. The quantitative estimate of drug-likeness (QED) is 0.212. The molecule has 2 aromatic carbocycles. The third kappa shape index (κ3) is 10.2. The maximum Gasteiger partial charge on any atom is 0.410 e. The second kappa shape index (κ2) is 18.5. The molecular formula is C34H43GdN5O11. The van der Waals surface area contributed by atoms with Gasteiger partial charge >= 0.3 is 30.0 Å². The maximum atomic E-state index is 13.6. The number of carboxylic acid groups (broad SMARTS) is 4. The maximum absolute atomic E-state index is 13.6. The Kier molecular flexibility index (Phi) is 14.7. The van der Waals surface area contributed by atoms with Gasteiger partial charge in [-0.15, -0.1) is 0 Å². The van der Waals surface area contributed by atoms with Crippen molar-refractivity contribution in [2.24, 2.45) is 0 Å². The van der Waals surface area contributed by atoms with E-state index in [1.54, 1.807) is 19.6 Å². The normalized spacial score (nSPS) is 22.5. The van der Waals surface area contributed by atoms with Crippen LogP contribution in [-0.2, 0) is 23.9 Å². The molecule has 278 valence electrons. The summed E-state index contributed by atoms with van der Waals surface area (Å²) in [4.78, 5) is 68.7. The van der Waals surface area contributed by atoms with Crippen LogP contribution in [0.4, 0.5) is 4.79 Å². The van der Waals surface area contributed by atoms with Crippen LogP contribution in [0.2, 0.25) is 0 Å². The Morgan fingerprint density at radius 1 is 0.647 bits per heavy atom. The number of aliphatic carboxylic acids is 4.